The van der Waals surface area contributed by atoms with Gasteiger partial charge in [0.1, 0.15) is 5.75 Å². The fraction of sp³-hybridized carbons (Fsp3) is 0.160. The van der Waals surface area contributed by atoms with Crippen molar-refractivity contribution in [1.29, 1.82) is 0 Å². The highest BCUT2D eigenvalue weighted by molar-refractivity contribution is 5.75. The average Bonchev–Trinajstić information content (AvgIpc) is 2.87. The lowest BCUT2D eigenvalue weighted by Gasteiger charge is -2.13. The molecule has 0 atom stereocenters. The van der Waals surface area contributed by atoms with Crippen LogP contribution in [0.4, 0.5) is 10.5 Å². The second kappa shape index (κ2) is 11.4. The molecule has 0 saturated heterocycles. The number of nitrogens with zero attached hydrogens (tertiary/aromatic N) is 1. The van der Waals surface area contributed by atoms with Crippen molar-refractivity contribution < 1.29 is 38.1 Å². The van der Waals surface area contributed by atoms with Gasteiger partial charge in [0.25, 0.3) is 5.69 Å². The summed E-state index contributed by atoms with van der Waals surface area (Å²) in [5.74, 6) is 2.05. The molecule has 0 fully saturated rings. The molecule has 0 saturated carbocycles. The van der Waals surface area contributed by atoms with E-state index >= 15 is 0 Å². The van der Waals surface area contributed by atoms with Crippen LogP contribution < -0.4 is 28.4 Å². The van der Waals surface area contributed by atoms with Gasteiger partial charge < -0.3 is 28.4 Å². The standard InChI is InChI=1S/C25H23NO9/c1-30-20-12-7-16(5-6-17-14-22(31-2)24(33-4)23(15-17)32-3)13-21(20)35-25(27)34-19-10-8-18(9-11-19)26(28)29/h5-15H,1-4H3/b6-5+. The molecule has 0 N–H and O–H groups in total. The number of rotatable bonds is 9. The van der Waals surface area contributed by atoms with E-state index in [9.17, 15) is 14.9 Å². The summed E-state index contributed by atoms with van der Waals surface area (Å²) in [5.41, 5.74) is 1.37. The molecule has 0 radical (unpaired) electrons. The average molecular weight is 481 g/mol. The maximum absolute atomic E-state index is 12.3. The smallest absolute Gasteiger partial charge is 0.493 e. The fourth-order valence-corrected chi connectivity index (χ4v) is 3.11. The first kappa shape index (κ1) is 24.9. The molecule has 3 rings (SSSR count). The molecule has 0 aliphatic carbocycles. The first-order chi connectivity index (χ1) is 16.9. The summed E-state index contributed by atoms with van der Waals surface area (Å²) >= 11 is 0. The largest absolute Gasteiger partial charge is 0.519 e. The minimum atomic E-state index is -1.03. The Balaban J connectivity index is 1.79. The van der Waals surface area contributed by atoms with Crippen LogP contribution >= 0.6 is 0 Å². The highest BCUT2D eigenvalue weighted by Gasteiger charge is 2.15. The molecular formula is C25H23NO9. The van der Waals surface area contributed by atoms with Gasteiger partial charge in [-0.15, -0.1) is 0 Å². The number of benzene rings is 3. The summed E-state index contributed by atoms with van der Waals surface area (Å²) in [7, 11) is 6.04. The fourth-order valence-electron chi connectivity index (χ4n) is 3.11. The summed E-state index contributed by atoms with van der Waals surface area (Å²) in [6.07, 6.45) is 2.60. The summed E-state index contributed by atoms with van der Waals surface area (Å²) in [5, 5.41) is 10.8. The van der Waals surface area contributed by atoms with Gasteiger partial charge in [0, 0.05) is 12.1 Å². The highest BCUT2D eigenvalue weighted by atomic mass is 16.7. The van der Waals surface area contributed by atoms with Gasteiger partial charge in [-0.2, -0.15) is 0 Å². The number of hydrogen-bond donors (Lipinski definition) is 0. The maximum atomic E-state index is 12.3. The number of methoxy groups -OCH3 is 4. The van der Waals surface area contributed by atoms with Crippen molar-refractivity contribution in [3.05, 3.63) is 75.8 Å². The summed E-state index contributed by atoms with van der Waals surface area (Å²) in [6.45, 7) is 0. The SMILES string of the molecule is COc1ccc(/C=C/c2cc(OC)c(OC)c(OC)c2)cc1OC(=O)Oc1ccc([N+](=O)[O-])cc1. The highest BCUT2D eigenvalue weighted by Crippen LogP contribution is 2.38. The van der Waals surface area contributed by atoms with E-state index in [0.717, 1.165) is 5.56 Å². The van der Waals surface area contributed by atoms with Crippen LogP contribution in [0.2, 0.25) is 0 Å². The Bertz CT molecular complexity index is 1210. The van der Waals surface area contributed by atoms with Crippen LogP contribution in [-0.4, -0.2) is 39.5 Å². The third-order valence-corrected chi connectivity index (χ3v) is 4.78. The minimum absolute atomic E-state index is 0.0954. The lowest BCUT2D eigenvalue weighted by molar-refractivity contribution is -0.384. The minimum Gasteiger partial charge on any atom is -0.493 e. The molecule has 0 aromatic heterocycles. The third-order valence-electron chi connectivity index (χ3n) is 4.78. The number of carbonyl (C=O) groups is 1. The molecule has 10 heteroatoms. The lowest BCUT2D eigenvalue weighted by Crippen LogP contribution is -2.14. The van der Waals surface area contributed by atoms with Crippen molar-refractivity contribution in [3.8, 4) is 34.5 Å². The van der Waals surface area contributed by atoms with Crippen LogP contribution in [-0.2, 0) is 0 Å². The van der Waals surface area contributed by atoms with Gasteiger partial charge in [-0.25, -0.2) is 4.79 Å². The Labute approximate surface area is 201 Å². The Morgan fingerprint density at radius 3 is 1.83 bits per heavy atom. The van der Waals surface area contributed by atoms with E-state index in [1.54, 1.807) is 36.4 Å². The van der Waals surface area contributed by atoms with Crippen molar-refractivity contribution in [3.63, 3.8) is 0 Å². The van der Waals surface area contributed by atoms with Crippen LogP contribution in [0, 0.1) is 10.1 Å². The first-order valence-corrected chi connectivity index (χ1v) is 10.2. The number of ether oxygens (including phenoxy) is 6. The second-order valence-corrected chi connectivity index (χ2v) is 6.91. The molecule has 0 heterocycles. The number of carbonyl (C=O) groups excluding carboxylic acids is 1. The molecule has 0 aliphatic rings. The summed E-state index contributed by atoms with van der Waals surface area (Å²) < 4.78 is 31.7. The molecular weight excluding hydrogens is 458 g/mol. The van der Waals surface area contributed by atoms with E-state index in [0.29, 0.717) is 28.6 Å². The monoisotopic (exact) mass is 481 g/mol. The van der Waals surface area contributed by atoms with Crippen molar-refractivity contribution in [2.75, 3.05) is 28.4 Å². The zero-order valence-corrected chi connectivity index (χ0v) is 19.5. The Morgan fingerprint density at radius 1 is 0.714 bits per heavy atom. The van der Waals surface area contributed by atoms with Gasteiger partial charge in [-0.1, -0.05) is 18.2 Å². The maximum Gasteiger partial charge on any atom is 0.519 e. The zero-order chi connectivity index (χ0) is 25.4. The van der Waals surface area contributed by atoms with Gasteiger partial charge in [-0.3, -0.25) is 10.1 Å². The molecule has 0 aliphatic heterocycles. The molecule has 3 aromatic rings. The van der Waals surface area contributed by atoms with E-state index in [-0.39, 0.29) is 17.2 Å². The van der Waals surface area contributed by atoms with Crippen LogP contribution in [0.25, 0.3) is 12.2 Å². The van der Waals surface area contributed by atoms with E-state index in [2.05, 4.69) is 0 Å². The number of nitro benzene ring substituents is 1. The quantitative estimate of drug-likeness (QED) is 0.131. The number of nitro groups is 1. The molecule has 0 amide bonds. The van der Waals surface area contributed by atoms with Crippen molar-refractivity contribution in [1.82, 2.24) is 0 Å². The van der Waals surface area contributed by atoms with Gasteiger partial charge in [0.05, 0.1) is 33.4 Å². The summed E-state index contributed by atoms with van der Waals surface area (Å²) in [4.78, 5) is 22.5. The van der Waals surface area contributed by atoms with E-state index in [1.165, 1.54) is 52.7 Å². The molecule has 0 bridgehead atoms. The van der Waals surface area contributed by atoms with Gasteiger partial charge >= 0.3 is 6.16 Å². The van der Waals surface area contributed by atoms with Crippen LogP contribution in [0.3, 0.4) is 0 Å². The summed E-state index contributed by atoms with van der Waals surface area (Å²) in [6, 6.07) is 13.6. The zero-order valence-electron chi connectivity index (χ0n) is 19.5. The van der Waals surface area contributed by atoms with E-state index in [1.807, 2.05) is 6.08 Å². The van der Waals surface area contributed by atoms with Crippen molar-refractivity contribution in [2.24, 2.45) is 0 Å². The predicted octanol–water partition coefficient (Wildman–Crippen LogP) is 5.38. The van der Waals surface area contributed by atoms with Crippen molar-refractivity contribution >= 4 is 24.0 Å². The molecule has 3 aromatic carbocycles. The Kier molecular flexibility index (Phi) is 8.12. The van der Waals surface area contributed by atoms with Gasteiger partial charge in [-0.05, 0) is 47.5 Å². The first-order valence-electron chi connectivity index (χ1n) is 10.2. The normalized spacial score (nSPS) is 10.5. The van der Waals surface area contributed by atoms with E-state index < -0.39 is 11.1 Å². The van der Waals surface area contributed by atoms with Crippen molar-refractivity contribution in [2.45, 2.75) is 0 Å². The second-order valence-electron chi connectivity index (χ2n) is 6.91. The molecule has 0 unspecified atom stereocenters. The molecule has 0 spiro atoms. The van der Waals surface area contributed by atoms with Crippen LogP contribution in [0.5, 0.6) is 34.5 Å². The molecule has 182 valence electrons. The van der Waals surface area contributed by atoms with Gasteiger partial charge in [0.15, 0.2) is 23.0 Å². The topological polar surface area (TPSA) is 116 Å². The number of hydrogen-bond acceptors (Lipinski definition) is 9. The Hall–Kier alpha value is -4.73. The lowest BCUT2D eigenvalue weighted by atomic mass is 10.1. The third kappa shape index (κ3) is 6.20. The molecule has 35 heavy (non-hydrogen) atoms. The Morgan fingerprint density at radius 2 is 1.29 bits per heavy atom. The van der Waals surface area contributed by atoms with Crippen LogP contribution in [0.15, 0.2) is 54.6 Å². The molecule has 10 nitrogen and oxygen atoms in total. The van der Waals surface area contributed by atoms with Gasteiger partial charge in [0.2, 0.25) is 5.75 Å². The number of non-ortho nitro benzene ring substituents is 1. The predicted molar refractivity (Wildman–Crippen MR) is 128 cm³/mol. The van der Waals surface area contributed by atoms with Crippen LogP contribution in [0.1, 0.15) is 11.1 Å². The van der Waals surface area contributed by atoms with E-state index in [4.69, 9.17) is 28.4 Å².